The number of carbonyl (C=O) groups is 2. The Kier molecular flexibility index (Phi) is 8.24. The lowest BCUT2D eigenvalue weighted by molar-refractivity contribution is -0.149. The average molecular weight is 549 g/mol. The summed E-state index contributed by atoms with van der Waals surface area (Å²) in [5.41, 5.74) is 1.28. The van der Waals surface area contributed by atoms with Gasteiger partial charge in [0, 0.05) is 37.3 Å². The molecule has 1 amide bonds. The molecule has 0 spiro atoms. The van der Waals surface area contributed by atoms with Crippen LogP contribution in [0.1, 0.15) is 107 Å². The molecule has 2 aromatic rings. The van der Waals surface area contributed by atoms with Gasteiger partial charge in [0.1, 0.15) is 0 Å². The van der Waals surface area contributed by atoms with E-state index in [1.165, 1.54) is 57.8 Å². The number of esters is 1. The van der Waals surface area contributed by atoms with Crippen molar-refractivity contribution in [2.24, 2.45) is 5.92 Å². The minimum atomic E-state index is -0.318. The Bertz CT molecular complexity index is 1260. The third kappa shape index (κ3) is 5.31. The molecular formula is C32H44N4O4. The standard InChI is InChI=1S/C32H44N4O4/c1-2-40-32(39)22-16-18-34(19-17-22)30(37)29-31(38)36(28-13-9-8-12-27(28)33-29)26-20-24-14-15-25(21-26)35(24)23-10-6-4-3-5-7-11-23/h8-9,12-13,22-26H,2-7,10-11,14-21H2,1H3/t24-,25+,26+. The van der Waals surface area contributed by atoms with Crippen molar-refractivity contribution in [3.8, 4) is 0 Å². The minimum absolute atomic E-state index is 0.0167. The first kappa shape index (κ1) is 27.4. The normalized spacial score (nSPS) is 26.9. The largest absolute Gasteiger partial charge is 0.466 e. The summed E-state index contributed by atoms with van der Waals surface area (Å²) in [6.07, 6.45) is 14.8. The number of piperidine rings is 2. The highest BCUT2D eigenvalue weighted by Gasteiger charge is 2.45. The zero-order valence-electron chi connectivity index (χ0n) is 23.9. The van der Waals surface area contributed by atoms with Gasteiger partial charge in [-0.3, -0.25) is 19.3 Å². The summed E-state index contributed by atoms with van der Waals surface area (Å²) in [4.78, 5) is 49.1. The van der Waals surface area contributed by atoms with Crippen LogP contribution in [-0.4, -0.2) is 69.0 Å². The molecule has 0 unspecified atom stereocenters. The van der Waals surface area contributed by atoms with Gasteiger partial charge in [-0.05, 0) is 70.4 Å². The lowest BCUT2D eigenvalue weighted by Gasteiger charge is -2.45. The number of carbonyl (C=O) groups excluding carboxylic acids is 2. The van der Waals surface area contributed by atoms with E-state index in [0.29, 0.717) is 56.2 Å². The first-order chi connectivity index (χ1) is 19.5. The Labute approximate surface area is 237 Å². The molecule has 8 heteroatoms. The molecule has 4 fully saturated rings. The maximum atomic E-state index is 14.1. The van der Waals surface area contributed by atoms with Crippen LogP contribution in [-0.2, 0) is 9.53 Å². The molecule has 2 bridgehead atoms. The van der Waals surface area contributed by atoms with Crippen molar-refractivity contribution in [1.29, 1.82) is 0 Å². The Morgan fingerprint density at radius 2 is 1.50 bits per heavy atom. The number of benzene rings is 1. The molecule has 1 aromatic heterocycles. The Balaban J connectivity index is 1.25. The summed E-state index contributed by atoms with van der Waals surface area (Å²) >= 11 is 0. The quantitative estimate of drug-likeness (QED) is 0.484. The molecule has 0 N–H and O–H groups in total. The average Bonchev–Trinajstić information content (AvgIpc) is 3.21. The molecule has 8 nitrogen and oxygen atoms in total. The molecule has 40 heavy (non-hydrogen) atoms. The molecule has 6 rings (SSSR count). The van der Waals surface area contributed by atoms with Crippen LogP contribution in [0.4, 0.5) is 0 Å². The van der Waals surface area contributed by atoms with E-state index in [1.807, 2.05) is 28.8 Å². The second-order valence-electron chi connectivity index (χ2n) is 12.4. The van der Waals surface area contributed by atoms with Crippen LogP contribution < -0.4 is 5.56 Å². The number of hydrogen-bond acceptors (Lipinski definition) is 6. The van der Waals surface area contributed by atoms with Gasteiger partial charge < -0.3 is 14.2 Å². The lowest BCUT2D eigenvalue weighted by Crippen LogP contribution is -2.50. The summed E-state index contributed by atoms with van der Waals surface area (Å²) < 4.78 is 7.10. The van der Waals surface area contributed by atoms with Gasteiger partial charge in [0.05, 0.1) is 23.6 Å². The van der Waals surface area contributed by atoms with Crippen molar-refractivity contribution in [1.82, 2.24) is 19.4 Å². The number of aromatic nitrogens is 2. The molecule has 3 aliphatic heterocycles. The first-order valence-electron chi connectivity index (χ1n) is 15.8. The van der Waals surface area contributed by atoms with Crippen LogP contribution in [0.2, 0.25) is 0 Å². The summed E-state index contributed by atoms with van der Waals surface area (Å²) in [7, 11) is 0. The van der Waals surface area contributed by atoms with E-state index in [9.17, 15) is 14.4 Å². The second-order valence-corrected chi connectivity index (χ2v) is 12.4. The molecule has 3 atom stereocenters. The topological polar surface area (TPSA) is 84.7 Å². The highest BCUT2D eigenvalue weighted by Crippen LogP contribution is 2.44. The number of nitrogens with zero attached hydrogens (tertiary/aromatic N) is 4. The van der Waals surface area contributed by atoms with E-state index in [4.69, 9.17) is 4.74 Å². The molecule has 4 aliphatic rings. The highest BCUT2D eigenvalue weighted by atomic mass is 16.5. The van der Waals surface area contributed by atoms with Gasteiger partial charge in [-0.15, -0.1) is 0 Å². The van der Waals surface area contributed by atoms with Gasteiger partial charge in [-0.25, -0.2) is 4.98 Å². The third-order valence-electron chi connectivity index (χ3n) is 10.0. The van der Waals surface area contributed by atoms with Gasteiger partial charge in [0.15, 0.2) is 5.69 Å². The molecule has 4 heterocycles. The molecular weight excluding hydrogens is 504 g/mol. The van der Waals surface area contributed by atoms with Gasteiger partial charge in [0.25, 0.3) is 11.5 Å². The van der Waals surface area contributed by atoms with Crippen molar-refractivity contribution in [2.75, 3.05) is 19.7 Å². The van der Waals surface area contributed by atoms with Crippen LogP contribution in [0.3, 0.4) is 0 Å². The van der Waals surface area contributed by atoms with Crippen LogP contribution >= 0.6 is 0 Å². The Morgan fingerprint density at radius 1 is 0.850 bits per heavy atom. The molecule has 1 aliphatic carbocycles. The van der Waals surface area contributed by atoms with Gasteiger partial charge >= 0.3 is 5.97 Å². The predicted molar refractivity (Wildman–Crippen MR) is 154 cm³/mol. The summed E-state index contributed by atoms with van der Waals surface area (Å²) in [5, 5.41) is 0. The van der Waals surface area contributed by atoms with Gasteiger partial charge in [-0.1, -0.05) is 44.2 Å². The number of likely N-dealkylation sites (tertiary alicyclic amines) is 1. The predicted octanol–water partition coefficient (Wildman–Crippen LogP) is 5.09. The Hall–Kier alpha value is -2.74. The second kappa shape index (κ2) is 12.0. The van der Waals surface area contributed by atoms with Crippen LogP contribution in [0.5, 0.6) is 0 Å². The minimum Gasteiger partial charge on any atom is -0.466 e. The molecule has 216 valence electrons. The lowest BCUT2D eigenvalue weighted by atomic mass is 9.89. The van der Waals surface area contributed by atoms with E-state index in [-0.39, 0.29) is 35.1 Å². The molecule has 1 aromatic carbocycles. The Morgan fingerprint density at radius 3 is 2.17 bits per heavy atom. The highest BCUT2D eigenvalue weighted by molar-refractivity contribution is 5.94. The van der Waals surface area contributed by atoms with Gasteiger partial charge in [-0.2, -0.15) is 0 Å². The number of para-hydroxylation sites is 2. The van der Waals surface area contributed by atoms with E-state index in [1.54, 1.807) is 11.8 Å². The molecule has 1 saturated carbocycles. The number of amides is 1. The van der Waals surface area contributed by atoms with E-state index in [0.717, 1.165) is 18.4 Å². The van der Waals surface area contributed by atoms with Crippen LogP contribution in [0.25, 0.3) is 11.0 Å². The maximum Gasteiger partial charge on any atom is 0.309 e. The van der Waals surface area contributed by atoms with Crippen molar-refractivity contribution >= 4 is 22.9 Å². The molecule has 3 saturated heterocycles. The smallest absolute Gasteiger partial charge is 0.309 e. The third-order valence-corrected chi connectivity index (χ3v) is 10.0. The fourth-order valence-electron chi connectivity index (χ4n) is 8.11. The fraction of sp³-hybridized carbons (Fsp3) is 0.688. The zero-order chi connectivity index (χ0) is 27.6. The van der Waals surface area contributed by atoms with E-state index in [2.05, 4.69) is 9.88 Å². The fourth-order valence-corrected chi connectivity index (χ4v) is 8.11. The monoisotopic (exact) mass is 548 g/mol. The molecule has 0 radical (unpaired) electrons. The summed E-state index contributed by atoms with van der Waals surface area (Å²) in [6.45, 7) is 3.03. The number of ether oxygens (including phenoxy) is 1. The van der Waals surface area contributed by atoms with Gasteiger partial charge in [0.2, 0.25) is 0 Å². The maximum absolute atomic E-state index is 14.1. The van der Waals surface area contributed by atoms with E-state index < -0.39 is 0 Å². The zero-order valence-corrected chi connectivity index (χ0v) is 23.9. The summed E-state index contributed by atoms with van der Waals surface area (Å²) in [5.74, 6) is -0.702. The van der Waals surface area contributed by atoms with Crippen molar-refractivity contribution < 1.29 is 14.3 Å². The number of rotatable bonds is 5. The SMILES string of the molecule is CCOC(=O)C1CCN(C(=O)c2nc3ccccc3n([C@H]3C[C@H]4CC[C@@H](C3)N4C3CCCCCCC3)c2=O)CC1. The number of hydrogen-bond donors (Lipinski definition) is 0. The van der Waals surface area contributed by atoms with Crippen molar-refractivity contribution in [3.05, 3.63) is 40.3 Å². The number of fused-ring (bicyclic) bond motifs is 3. The summed E-state index contributed by atoms with van der Waals surface area (Å²) in [6, 6.07) is 9.53. The van der Waals surface area contributed by atoms with Crippen LogP contribution in [0, 0.1) is 5.92 Å². The van der Waals surface area contributed by atoms with Crippen molar-refractivity contribution in [3.63, 3.8) is 0 Å². The first-order valence-corrected chi connectivity index (χ1v) is 15.8. The van der Waals surface area contributed by atoms with Crippen LogP contribution in [0.15, 0.2) is 29.1 Å². The van der Waals surface area contributed by atoms with E-state index >= 15 is 0 Å². The van der Waals surface area contributed by atoms with Crippen molar-refractivity contribution in [2.45, 2.75) is 115 Å².